The number of alkyl halides is 3. The zero-order valence-corrected chi connectivity index (χ0v) is 16.8. The molecule has 0 fully saturated rings. The number of hydrogen-bond acceptors (Lipinski definition) is 7. The number of aromatic nitrogens is 2. The summed E-state index contributed by atoms with van der Waals surface area (Å²) in [5, 5.41) is 9.10. The van der Waals surface area contributed by atoms with E-state index in [1.165, 1.54) is 18.2 Å². The normalized spacial score (nSPS) is 11.8. The van der Waals surface area contributed by atoms with E-state index in [2.05, 4.69) is 9.97 Å². The van der Waals surface area contributed by atoms with Gasteiger partial charge in [-0.2, -0.15) is 18.4 Å². The van der Waals surface area contributed by atoms with Crippen molar-refractivity contribution in [3.63, 3.8) is 0 Å². The maximum absolute atomic E-state index is 13.3. The Balaban J connectivity index is 1.91. The van der Waals surface area contributed by atoms with Crippen LogP contribution in [0.3, 0.4) is 0 Å². The first-order valence-corrected chi connectivity index (χ1v) is 9.70. The minimum absolute atomic E-state index is 0.105. The highest BCUT2D eigenvalue weighted by Crippen LogP contribution is 2.34. The van der Waals surface area contributed by atoms with Gasteiger partial charge in [0, 0.05) is 11.6 Å². The molecule has 3 rings (SSSR count). The molecule has 31 heavy (non-hydrogen) atoms. The first kappa shape index (κ1) is 22.1. The molecule has 3 aromatic rings. The van der Waals surface area contributed by atoms with E-state index >= 15 is 0 Å². The summed E-state index contributed by atoms with van der Waals surface area (Å²) >= 11 is 0.784. The monoisotopic (exact) mass is 445 g/mol. The van der Waals surface area contributed by atoms with Crippen LogP contribution in [-0.2, 0) is 15.7 Å². The van der Waals surface area contributed by atoms with Gasteiger partial charge in [0.1, 0.15) is 23.1 Å². The fourth-order valence-electron chi connectivity index (χ4n) is 2.42. The van der Waals surface area contributed by atoms with Crippen LogP contribution < -0.4 is 0 Å². The van der Waals surface area contributed by atoms with E-state index in [9.17, 15) is 18.0 Å². The molecule has 0 spiro atoms. The predicted molar refractivity (Wildman–Crippen MR) is 106 cm³/mol. The molecule has 2 heterocycles. The van der Waals surface area contributed by atoms with Crippen molar-refractivity contribution in [2.24, 2.45) is 0 Å². The van der Waals surface area contributed by atoms with Crippen molar-refractivity contribution in [1.82, 2.24) is 9.97 Å². The van der Waals surface area contributed by atoms with Gasteiger partial charge < -0.3 is 9.15 Å². The fraction of sp³-hybridized carbons (Fsp3) is 0.143. The number of halogens is 3. The number of carbonyl (C=O) groups excluding carboxylic acids is 1. The summed E-state index contributed by atoms with van der Waals surface area (Å²) in [4.78, 5) is 19.5. The lowest BCUT2D eigenvalue weighted by Gasteiger charge is -2.10. The van der Waals surface area contributed by atoms with Gasteiger partial charge in [-0.1, -0.05) is 30.3 Å². The van der Waals surface area contributed by atoms with Crippen molar-refractivity contribution < 1.29 is 27.1 Å². The summed E-state index contributed by atoms with van der Waals surface area (Å²) in [6.07, 6.45) is -3.47. The molecule has 0 atom stereocenters. The summed E-state index contributed by atoms with van der Waals surface area (Å²) in [5.74, 6) is -0.647. The number of esters is 1. The maximum atomic E-state index is 13.3. The van der Waals surface area contributed by atoms with Gasteiger partial charge in [-0.3, -0.25) is 0 Å². The van der Waals surface area contributed by atoms with Gasteiger partial charge in [0.2, 0.25) is 0 Å². The summed E-state index contributed by atoms with van der Waals surface area (Å²) in [5.41, 5.74) is -0.723. The van der Waals surface area contributed by atoms with Crippen LogP contribution in [0.2, 0.25) is 0 Å². The second kappa shape index (κ2) is 9.49. The van der Waals surface area contributed by atoms with Gasteiger partial charge in [-0.25, -0.2) is 14.8 Å². The number of nitriles is 1. The third kappa shape index (κ3) is 5.73. The van der Waals surface area contributed by atoms with Crippen molar-refractivity contribution in [3.05, 3.63) is 65.6 Å². The molecular weight excluding hydrogens is 431 g/mol. The van der Waals surface area contributed by atoms with Gasteiger partial charge in [0.15, 0.2) is 10.2 Å². The summed E-state index contributed by atoms with van der Waals surface area (Å²) in [6.45, 7) is 1.71. The van der Waals surface area contributed by atoms with E-state index in [4.69, 9.17) is 14.4 Å². The van der Waals surface area contributed by atoms with Gasteiger partial charge in [-0.05, 0) is 36.9 Å². The molecule has 0 aliphatic rings. The zero-order chi connectivity index (χ0) is 22.4. The molecule has 0 bridgehead atoms. The van der Waals surface area contributed by atoms with E-state index in [1.54, 1.807) is 43.3 Å². The summed E-state index contributed by atoms with van der Waals surface area (Å²) in [7, 11) is 0. The minimum atomic E-state index is -4.65. The number of furan rings is 1. The fourth-order valence-corrected chi connectivity index (χ4v) is 3.16. The first-order chi connectivity index (χ1) is 14.8. The predicted octanol–water partition coefficient (Wildman–Crippen LogP) is 5.38. The Hall–Kier alpha value is -3.58. The zero-order valence-electron chi connectivity index (χ0n) is 16.0. The lowest BCUT2D eigenvalue weighted by molar-refractivity contribution is -0.141. The van der Waals surface area contributed by atoms with Crippen molar-refractivity contribution in [2.45, 2.75) is 23.3 Å². The highest BCUT2D eigenvalue weighted by atomic mass is 32.2. The SMILES string of the molecule is CCOC(=O)/C(C#N)=C/c1ccc(Sc2nc(-c3ccccc3)cc(C(F)(F)F)n2)o1. The quantitative estimate of drug-likeness (QED) is 0.218. The van der Waals surface area contributed by atoms with Crippen LogP contribution in [-0.4, -0.2) is 22.5 Å². The van der Waals surface area contributed by atoms with Crippen LogP contribution in [0.15, 0.2) is 68.8 Å². The molecule has 0 radical (unpaired) electrons. The molecule has 2 aromatic heterocycles. The molecule has 0 saturated carbocycles. The van der Waals surface area contributed by atoms with Crippen LogP contribution >= 0.6 is 11.8 Å². The van der Waals surface area contributed by atoms with Crippen LogP contribution in [0.25, 0.3) is 17.3 Å². The Bertz CT molecular complexity index is 1150. The largest absolute Gasteiger partial charge is 0.462 e. The molecule has 0 amide bonds. The second-order valence-electron chi connectivity index (χ2n) is 5.93. The van der Waals surface area contributed by atoms with Crippen LogP contribution in [0.1, 0.15) is 18.4 Å². The Kier molecular flexibility index (Phi) is 6.77. The maximum Gasteiger partial charge on any atom is 0.433 e. The van der Waals surface area contributed by atoms with E-state index in [0.717, 1.165) is 17.8 Å². The number of benzene rings is 1. The molecular formula is C21H14F3N3O3S. The van der Waals surface area contributed by atoms with Crippen LogP contribution in [0.5, 0.6) is 0 Å². The molecule has 0 saturated heterocycles. The van der Waals surface area contributed by atoms with E-state index in [0.29, 0.717) is 5.56 Å². The van der Waals surface area contributed by atoms with Gasteiger partial charge in [0.05, 0.1) is 12.3 Å². The third-order valence-electron chi connectivity index (χ3n) is 3.76. The Labute approximate surface area is 179 Å². The summed E-state index contributed by atoms with van der Waals surface area (Å²) < 4.78 is 50.2. The van der Waals surface area contributed by atoms with Gasteiger partial charge in [-0.15, -0.1) is 0 Å². The number of hydrogen-bond donors (Lipinski definition) is 0. The highest BCUT2D eigenvalue weighted by Gasteiger charge is 2.34. The first-order valence-electron chi connectivity index (χ1n) is 8.88. The van der Waals surface area contributed by atoms with Crippen molar-refractivity contribution in [1.29, 1.82) is 5.26 Å². The molecule has 0 aliphatic heterocycles. The van der Waals surface area contributed by atoms with E-state index < -0.39 is 17.8 Å². The van der Waals surface area contributed by atoms with Gasteiger partial charge in [0.25, 0.3) is 0 Å². The molecule has 0 N–H and O–H groups in total. The molecule has 1 aromatic carbocycles. The minimum Gasteiger partial charge on any atom is -0.462 e. The second-order valence-corrected chi connectivity index (χ2v) is 6.91. The smallest absolute Gasteiger partial charge is 0.433 e. The third-order valence-corrected chi connectivity index (χ3v) is 4.55. The van der Waals surface area contributed by atoms with Crippen LogP contribution in [0.4, 0.5) is 13.2 Å². The van der Waals surface area contributed by atoms with Crippen LogP contribution in [0, 0.1) is 11.3 Å². The molecule has 0 aliphatic carbocycles. The number of carbonyl (C=O) groups is 1. The lowest BCUT2D eigenvalue weighted by Crippen LogP contribution is -2.10. The van der Waals surface area contributed by atoms with E-state index in [1.807, 2.05) is 0 Å². The van der Waals surface area contributed by atoms with Crippen molar-refractivity contribution in [3.8, 4) is 17.3 Å². The standard InChI is InChI=1S/C21H14F3N3O3S/c1-2-29-19(28)14(12-25)10-15-8-9-18(30-15)31-20-26-16(13-6-4-3-5-7-13)11-17(27-20)21(22,23)24/h3-11H,2H2,1H3/b14-10+. The highest BCUT2D eigenvalue weighted by molar-refractivity contribution is 7.99. The van der Waals surface area contributed by atoms with Gasteiger partial charge >= 0.3 is 12.1 Å². The average molecular weight is 445 g/mol. The number of rotatable bonds is 6. The molecule has 6 nitrogen and oxygen atoms in total. The topological polar surface area (TPSA) is 89.0 Å². The lowest BCUT2D eigenvalue weighted by atomic mass is 10.1. The Morgan fingerprint density at radius 2 is 1.97 bits per heavy atom. The molecule has 10 heteroatoms. The van der Waals surface area contributed by atoms with Crippen molar-refractivity contribution in [2.75, 3.05) is 6.61 Å². The molecule has 158 valence electrons. The van der Waals surface area contributed by atoms with Crippen molar-refractivity contribution >= 4 is 23.8 Å². The average Bonchev–Trinajstić information content (AvgIpc) is 3.18. The number of ether oxygens (including phenoxy) is 1. The summed E-state index contributed by atoms with van der Waals surface area (Å²) in [6, 6.07) is 14.0. The van der Waals surface area contributed by atoms with E-state index in [-0.39, 0.29) is 33.9 Å². The molecule has 0 unspecified atom stereocenters. The Morgan fingerprint density at radius 3 is 2.61 bits per heavy atom. The number of nitrogens with zero attached hydrogens (tertiary/aromatic N) is 3. The Morgan fingerprint density at radius 1 is 1.23 bits per heavy atom.